The van der Waals surface area contributed by atoms with E-state index < -0.39 is 5.60 Å². The fourth-order valence-electron chi connectivity index (χ4n) is 3.85. The Morgan fingerprint density at radius 2 is 1.75 bits per heavy atom. The summed E-state index contributed by atoms with van der Waals surface area (Å²) in [6, 6.07) is 8.69. The van der Waals surface area contributed by atoms with Gasteiger partial charge in [-0.1, -0.05) is 26.0 Å². The van der Waals surface area contributed by atoms with Crippen LogP contribution >= 0.6 is 0 Å². The maximum atomic E-state index is 12.3. The van der Waals surface area contributed by atoms with Crippen molar-refractivity contribution in [2.75, 3.05) is 31.1 Å². The van der Waals surface area contributed by atoms with Gasteiger partial charge in [-0.15, -0.1) is 0 Å². The Balaban J connectivity index is 1.64. The number of amides is 1. The Labute approximate surface area is 170 Å². The summed E-state index contributed by atoms with van der Waals surface area (Å²) < 4.78 is 11.9. The first-order chi connectivity index (χ1) is 12.9. The number of ether oxygens (including phenoxy) is 1. The Morgan fingerprint density at radius 1 is 1.11 bits per heavy atom. The molecule has 0 N–H and O–H groups in total. The summed E-state index contributed by atoms with van der Waals surface area (Å²) in [7, 11) is 0. The summed E-state index contributed by atoms with van der Waals surface area (Å²) in [5.41, 5.74) is 2.00. The number of carbonyl (C=O) groups is 1. The average molecular weight is 386 g/mol. The van der Waals surface area contributed by atoms with Gasteiger partial charge in [0.2, 0.25) is 0 Å². The Kier molecular flexibility index (Phi) is 5.48. The zero-order valence-electron chi connectivity index (χ0n) is 18.5. The van der Waals surface area contributed by atoms with E-state index in [0.717, 1.165) is 19.4 Å². The molecular weight excluding hydrogens is 351 g/mol. The molecule has 1 aromatic carbocycles. The lowest BCUT2D eigenvalue weighted by Crippen LogP contribution is -2.50. The van der Waals surface area contributed by atoms with Crippen molar-refractivity contribution >= 4 is 24.2 Å². The SMILES string of the molecule is CC(C)(C)OC(=O)N1CCN(c2cccc(B3CC(C)(C)C(C)(C)O3)c2)CC1. The number of hydrogen-bond donors (Lipinski definition) is 0. The van der Waals surface area contributed by atoms with Crippen LogP contribution in [0.2, 0.25) is 6.32 Å². The molecule has 3 rings (SSSR count). The number of rotatable bonds is 2. The van der Waals surface area contributed by atoms with Gasteiger partial charge in [0.25, 0.3) is 0 Å². The minimum absolute atomic E-state index is 0.132. The number of benzene rings is 1. The third kappa shape index (κ3) is 4.48. The number of carbonyl (C=O) groups excluding carboxylic acids is 1. The van der Waals surface area contributed by atoms with Gasteiger partial charge < -0.3 is 19.2 Å². The second-order valence-corrected chi connectivity index (χ2v) is 10.3. The van der Waals surface area contributed by atoms with E-state index >= 15 is 0 Å². The highest BCUT2D eigenvalue weighted by Crippen LogP contribution is 2.45. The molecule has 0 saturated carbocycles. The zero-order chi connectivity index (χ0) is 20.7. The van der Waals surface area contributed by atoms with Crippen LogP contribution in [0.4, 0.5) is 10.5 Å². The third-order valence-corrected chi connectivity index (χ3v) is 6.30. The van der Waals surface area contributed by atoms with Crippen LogP contribution in [0.1, 0.15) is 48.5 Å². The number of piperazine rings is 1. The Morgan fingerprint density at radius 3 is 2.29 bits per heavy atom. The average Bonchev–Trinajstić information content (AvgIpc) is 2.81. The highest BCUT2D eigenvalue weighted by molar-refractivity contribution is 6.68. The van der Waals surface area contributed by atoms with Crippen molar-refractivity contribution in [3.8, 4) is 0 Å². The van der Waals surface area contributed by atoms with Crippen molar-refractivity contribution in [2.24, 2.45) is 5.41 Å². The van der Waals surface area contributed by atoms with E-state index in [0.29, 0.717) is 13.1 Å². The molecule has 0 aromatic heterocycles. The van der Waals surface area contributed by atoms with E-state index in [1.54, 1.807) is 4.90 Å². The normalized spacial score (nSPS) is 21.8. The van der Waals surface area contributed by atoms with Gasteiger partial charge in [-0.3, -0.25) is 0 Å². The monoisotopic (exact) mass is 386 g/mol. The molecule has 1 amide bonds. The van der Waals surface area contributed by atoms with E-state index in [-0.39, 0.29) is 24.0 Å². The van der Waals surface area contributed by atoms with Crippen LogP contribution in [0.3, 0.4) is 0 Å². The standard InChI is InChI=1S/C22H35BN2O3/c1-20(2,3)27-19(26)25-13-11-24(12-14-25)18-10-8-9-17(15-18)23-16-21(4,5)22(6,7)28-23/h8-10,15H,11-14,16H2,1-7H3. The summed E-state index contributed by atoms with van der Waals surface area (Å²) in [4.78, 5) is 16.4. The fraction of sp³-hybridized carbons (Fsp3) is 0.682. The van der Waals surface area contributed by atoms with Gasteiger partial charge >= 0.3 is 13.0 Å². The highest BCUT2D eigenvalue weighted by Gasteiger charge is 2.49. The van der Waals surface area contributed by atoms with E-state index in [2.05, 4.69) is 56.9 Å². The molecule has 28 heavy (non-hydrogen) atoms. The Bertz CT molecular complexity index is 703. The van der Waals surface area contributed by atoms with E-state index in [1.165, 1.54) is 11.2 Å². The van der Waals surface area contributed by atoms with Gasteiger partial charge in [0, 0.05) is 31.9 Å². The smallest absolute Gasteiger partial charge is 0.410 e. The van der Waals surface area contributed by atoms with Gasteiger partial charge in [0.05, 0.1) is 5.60 Å². The second kappa shape index (κ2) is 7.29. The molecule has 0 aliphatic carbocycles. The number of hydrogen-bond acceptors (Lipinski definition) is 4. The van der Waals surface area contributed by atoms with Crippen LogP contribution in [-0.4, -0.2) is 55.3 Å². The topological polar surface area (TPSA) is 42.0 Å². The van der Waals surface area contributed by atoms with Crippen LogP contribution in [0.15, 0.2) is 24.3 Å². The summed E-state index contributed by atoms with van der Waals surface area (Å²) >= 11 is 0. The first-order valence-corrected chi connectivity index (χ1v) is 10.4. The quantitative estimate of drug-likeness (QED) is 0.726. The molecular formula is C22H35BN2O3. The molecule has 0 spiro atoms. The highest BCUT2D eigenvalue weighted by atomic mass is 16.6. The molecule has 6 heteroatoms. The first-order valence-electron chi connectivity index (χ1n) is 10.4. The van der Waals surface area contributed by atoms with Crippen molar-refractivity contribution in [3.05, 3.63) is 24.3 Å². The van der Waals surface area contributed by atoms with Gasteiger partial charge in [-0.25, -0.2) is 4.79 Å². The molecule has 0 unspecified atom stereocenters. The van der Waals surface area contributed by atoms with Crippen molar-refractivity contribution in [1.29, 1.82) is 0 Å². The molecule has 0 radical (unpaired) electrons. The van der Waals surface area contributed by atoms with Gasteiger partial charge in [0.15, 0.2) is 0 Å². The molecule has 2 aliphatic heterocycles. The van der Waals surface area contributed by atoms with Crippen molar-refractivity contribution < 1.29 is 14.2 Å². The molecule has 2 saturated heterocycles. The minimum Gasteiger partial charge on any atom is -0.444 e. The molecule has 1 aromatic rings. The van der Waals surface area contributed by atoms with Gasteiger partial charge in [0.1, 0.15) is 5.60 Å². The summed E-state index contributed by atoms with van der Waals surface area (Å²) in [6.45, 7) is 17.8. The van der Waals surface area contributed by atoms with Crippen molar-refractivity contribution in [1.82, 2.24) is 4.90 Å². The maximum Gasteiger partial charge on any atom is 0.410 e. The lowest BCUT2D eigenvalue weighted by molar-refractivity contribution is 0.0240. The molecule has 0 bridgehead atoms. The van der Waals surface area contributed by atoms with Crippen LogP contribution in [0.5, 0.6) is 0 Å². The number of nitrogens with zero attached hydrogens (tertiary/aromatic N) is 2. The number of anilines is 1. The molecule has 2 fully saturated rings. The van der Waals surface area contributed by atoms with Crippen molar-refractivity contribution in [2.45, 2.75) is 66.0 Å². The lowest BCUT2D eigenvalue weighted by atomic mass is 9.54. The van der Waals surface area contributed by atoms with Crippen LogP contribution in [0, 0.1) is 5.41 Å². The minimum atomic E-state index is -0.453. The molecule has 2 aliphatic rings. The lowest BCUT2D eigenvalue weighted by Gasteiger charge is -2.37. The van der Waals surface area contributed by atoms with E-state index in [9.17, 15) is 4.79 Å². The zero-order valence-corrected chi connectivity index (χ0v) is 18.5. The van der Waals surface area contributed by atoms with E-state index in [1.807, 2.05) is 20.8 Å². The van der Waals surface area contributed by atoms with Crippen LogP contribution < -0.4 is 10.4 Å². The van der Waals surface area contributed by atoms with Crippen LogP contribution in [-0.2, 0) is 9.39 Å². The first kappa shape index (κ1) is 21.0. The van der Waals surface area contributed by atoms with Crippen LogP contribution in [0.25, 0.3) is 0 Å². The van der Waals surface area contributed by atoms with Gasteiger partial charge in [-0.05, 0) is 63.9 Å². The molecule has 0 atom stereocenters. The largest absolute Gasteiger partial charge is 0.444 e. The second-order valence-electron chi connectivity index (χ2n) is 10.3. The molecule has 2 heterocycles. The summed E-state index contributed by atoms with van der Waals surface area (Å²) in [6.07, 6.45) is 0.806. The summed E-state index contributed by atoms with van der Waals surface area (Å²) in [5.74, 6) is 0. The predicted octanol–water partition coefficient (Wildman–Crippen LogP) is 3.78. The maximum absolute atomic E-state index is 12.3. The molecule has 154 valence electrons. The van der Waals surface area contributed by atoms with E-state index in [4.69, 9.17) is 9.39 Å². The Hall–Kier alpha value is -1.69. The van der Waals surface area contributed by atoms with Crippen molar-refractivity contribution in [3.63, 3.8) is 0 Å². The molecule has 5 nitrogen and oxygen atoms in total. The van der Waals surface area contributed by atoms with Gasteiger partial charge in [-0.2, -0.15) is 0 Å². The third-order valence-electron chi connectivity index (χ3n) is 6.30. The fourth-order valence-corrected chi connectivity index (χ4v) is 3.85. The summed E-state index contributed by atoms with van der Waals surface area (Å²) in [5, 5.41) is 0. The predicted molar refractivity (Wildman–Crippen MR) is 116 cm³/mol.